The van der Waals surface area contributed by atoms with Crippen molar-refractivity contribution in [1.82, 2.24) is 5.43 Å². The molecule has 0 radical (unpaired) electrons. The highest BCUT2D eigenvalue weighted by molar-refractivity contribution is 6.30. The molecule has 0 aliphatic heterocycles. The van der Waals surface area contributed by atoms with Crippen molar-refractivity contribution in [2.45, 2.75) is 32.8 Å². The van der Waals surface area contributed by atoms with Crippen LogP contribution in [0.4, 0.5) is 0 Å². The van der Waals surface area contributed by atoms with Crippen LogP contribution >= 0.6 is 11.6 Å². The Hall–Kier alpha value is -2.33. The molecule has 2 rings (SSSR count). The Bertz CT molecular complexity index is 702. The lowest BCUT2D eigenvalue weighted by Crippen LogP contribution is -2.33. The fourth-order valence-corrected chi connectivity index (χ4v) is 2.36. The number of amides is 1. The normalized spacial score (nSPS) is 12.1. The molecule has 4 nitrogen and oxygen atoms in total. The zero-order valence-electron chi connectivity index (χ0n) is 13.8. The van der Waals surface area contributed by atoms with Crippen molar-refractivity contribution in [1.29, 1.82) is 0 Å². The van der Waals surface area contributed by atoms with Crippen molar-refractivity contribution in [2.24, 2.45) is 5.10 Å². The van der Waals surface area contributed by atoms with Crippen LogP contribution in [0, 0.1) is 6.92 Å². The molecule has 0 saturated carbocycles. The van der Waals surface area contributed by atoms with Crippen molar-refractivity contribution < 1.29 is 9.53 Å². The fraction of sp³-hybridized carbons (Fsp3) is 0.263. The third-order valence-electron chi connectivity index (χ3n) is 3.48. The Morgan fingerprint density at radius 3 is 2.75 bits per heavy atom. The van der Waals surface area contributed by atoms with E-state index in [-0.39, 0.29) is 5.91 Å². The number of nitrogens with zero attached hydrogens (tertiary/aromatic N) is 1. The second-order valence-electron chi connectivity index (χ2n) is 5.48. The molecule has 0 fully saturated rings. The summed E-state index contributed by atoms with van der Waals surface area (Å²) in [5, 5.41) is 4.60. The summed E-state index contributed by atoms with van der Waals surface area (Å²) in [4.78, 5) is 12.0. The maximum Gasteiger partial charge on any atom is 0.280 e. The van der Waals surface area contributed by atoms with Gasteiger partial charge in [0.2, 0.25) is 0 Å². The van der Waals surface area contributed by atoms with Gasteiger partial charge in [0.25, 0.3) is 5.91 Å². The van der Waals surface area contributed by atoms with Crippen LogP contribution in [0.5, 0.6) is 5.75 Å². The number of nitrogens with one attached hydrogen (secondary N) is 1. The van der Waals surface area contributed by atoms with Crippen LogP contribution in [-0.2, 0) is 11.2 Å². The number of carbonyl (C=O) groups excluding carboxylic acids is 1. The van der Waals surface area contributed by atoms with Gasteiger partial charge in [-0.3, -0.25) is 4.79 Å². The quantitative estimate of drug-likeness (QED) is 0.606. The largest absolute Gasteiger partial charge is 0.481 e. The maximum absolute atomic E-state index is 12.0. The molecule has 0 saturated heterocycles. The predicted octanol–water partition coefficient (Wildman–Crippen LogP) is 4.15. The van der Waals surface area contributed by atoms with Gasteiger partial charge in [-0.25, -0.2) is 5.43 Å². The summed E-state index contributed by atoms with van der Waals surface area (Å²) in [6.45, 7) is 3.57. The van der Waals surface area contributed by atoms with Crippen LogP contribution in [-0.4, -0.2) is 18.2 Å². The number of benzene rings is 2. The SMILES string of the molecule is Cc1cc(Cl)ccc1OC(C)C(=O)NN=CCCc1ccccc1. The predicted molar refractivity (Wildman–Crippen MR) is 97.7 cm³/mol. The van der Waals surface area contributed by atoms with Crippen molar-refractivity contribution in [2.75, 3.05) is 0 Å². The molecule has 0 spiro atoms. The number of rotatable bonds is 7. The van der Waals surface area contributed by atoms with E-state index in [1.807, 2.05) is 25.1 Å². The summed E-state index contributed by atoms with van der Waals surface area (Å²) >= 11 is 5.90. The summed E-state index contributed by atoms with van der Waals surface area (Å²) in [7, 11) is 0. The van der Waals surface area contributed by atoms with Gasteiger partial charge < -0.3 is 4.74 Å². The number of ether oxygens (including phenoxy) is 1. The molecule has 1 unspecified atom stereocenters. The molecule has 0 aliphatic carbocycles. The molecule has 5 heteroatoms. The smallest absolute Gasteiger partial charge is 0.280 e. The van der Waals surface area contributed by atoms with Gasteiger partial charge in [-0.05, 0) is 56.0 Å². The standard InChI is InChI=1S/C19H21ClN2O2/c1-14-13-17(20)10-11-18(14)24-15(2)19(23)22-21-12-6-9-16-7-4-3-5-8-16/h3-5,7-8,10-13,15H,6,9H2,1-2H3,(H,22,23). The Kier molecular flexibility index (Phi) is 6.82. The number of hydrogen-bond donors (Lipinski definition) is 1. The van der Waals surface area contributed by atoms with Gasteiger partial charge >= 0.3 is 0 Å². The summed E-state index contributed by atoms with van der Waals surface area (Å²) < 4.78 is 5.64. The van der Waals surface area contributed by atoms with Crippen LogP contribution < -0.4 is 10.2 Å². The molecule has 1 N–H and O–H groups in total. The molecule has 0 heterocycles. The Labute approximate surface area is 147 Å². The first-order valence-corrected chi connectivity index (χ1v) is 8.22. The van der Waals surface area contributed by atoms with Crippen LogP contribution in [0.3, 0.4) is 0 Å². The van der Waals surface area contributed by atoms with Crippen LogP contribution in [0.2, 0.25) is 5.02 Å². The van der Waals surface area contributed by atoms with Crippen LogP contribution in [0.1, 0.15) is 24.5 Å². The number of carbonyl (C=O) groups is 1. The highest BCUT2D eigenvalue weighted by Gasteiger charge is 2.15. The lowest BCUT2D eigenvalue weighted by Gasteiger charge is -2.14. The maximum atomic E-state index is 12.0. The summed E-state index contributed by atoms with van der Waals surface area (Å²) in [6, 6.07) is 15.4. The van der Waals surface area contributed by atoms with Crippen LogP contribution in [0.15, 0.2) is 53.6 Å². The van der Waals surface area contributed by atoms with Crippen molar-refractivity contribution >= 4 is 23.7 Å². The zero-order valence-corrected chi connectivity index (χ0v) is 14.6. The van der Waals surface area contributed by atoms with Gasteiger partial charge in [0.05, 0.1) is 0 Å². The molecular formula is C19H21ClN2O2. The Morgan fingerprint density at radius 2 is 2.04 bits per heavy atom. The molecule has 2 aromatic carbocycles. The van der Waals surface area contributed by atoms with E-state index in [1.165, 1.54) is 5.56 Å². The van der Waals surface area contributed by atoms with E-state index in [0.717, 1.165) is 18.4 Å². The van der Waals surface area contributed by atoms with E-state index in [2.05, 4.69) is 22.7 Å². The van der Waals surface area contributed by atoms with Crippen molar-refractivity contribution in [3.8, 4) is 5.75 Å². The molecule has 0 bridgehead atoms. The zero-order chi connectivity index (χ0) is 17.4. The summed E-state index contributed by atoms with van der Waals surface area (Å²) in [6.07, 6.45) is 2.70. The molecule has 2 aromatic rings. The molecule has 1 amide bonds. The topological polar surface area (TPSA) is 50.7 Å². The molecule has 1 atom stereocenters. The van der Waals surface area contributed by atoms with Crippen molar-refractivity contribution in [3.63, 3.8) is 0 Å². The third-order valence-corrected chi connectivity index (χ3v) is 3.72. The van der Waals surface area contributed by atoms with Gasteiger partial charge in [0, 0.05) is 11.2 Å². The number of hydrogen-bond acceptors (Lipinski definition) is 3. The number of hydrazone groups is 1. The highest BCUT2D eigenvalue weighted by atomic mass is 35.5. The van der Waals surface area contributed by atoms with E-state index in [1.54, 1.807) is 31.3 Å². The molecule has 126 valence electrons. The molecule has 0 aliphatic rings. The fourth-order valence-electron chi connectivity index (χ4n) is 2.13. The van der Waals surface area contributed by atoms with E-state index in [4.69, 9.17) is 16.3 Å². The van der Waals surface area contributed by atoms with E-state index in [0.29, 0.717) is 10.8 Å². The minimum Gasteiger partial charge on any atom is -0.481 e. The molecular weight excluding hydrogens is 324 g/mol. The van der Waals surface area contributed by atoms with Gasteiger partial charge in [0.1, 0.15) is 5.75 Å². The van der Waals surface area contributed by atoms with Crippen molar-refractivity contribution in [3.05, 3.63) is 64.7 Å². The number of aryl methyl sites for hydroxylation is 2. The highest BCUT2D eigenvalue weighted by Crippen LogP contribution is 2.22. The van der Waals surface area contributed by atoms with Gasteiger partial charge in [-0.2, -0.15) is 5.10 Å². The first-order chi connectivity index (χ1) is 11.6. The second-order valence-corrected chi connectivity index (χ2v) is 5.92. The minimum atomic E-state index is -0.642. The van der Waals surface area contributed by atoms with Gasteiger partial charge in [0.15, 0.2) is 6.10 Å². The average Bonchev–Trinajstić information content (AvgIpc) is 2.57. The lowest BCUT2D eigenvalue weighted by molar-refractivity contribution is -0.127. The lowest BCUT2D eigenvalue weighted by atomic mass is 10.1. The second kappa shape index (κ2) is 9.08. The van der Waals surface area contributed by atoms with E-state index in [9.17, 15) is 4.79 Å². The van der Waals surface area contributed by atoms with Crippen LogP contribution in [0.25, 0.3) is 0 Å². The average molecular weight is 345 g/mol. The summed E-state index contributed by atoms with van der Waals surface area (Å²) in [5.41, 5.74) is 4.62. The monoisotopic (exact) mass is 344 g/mol. The Morgan fingerprint density at radius 1 is 1.29 bits per heavy atom. The van der Waals surface area contributed by atoms with Gasteiger partial charge in [-0.15, -0.1) is 0 Å². The number of halogens is 1. The summed E-state index contributed by atoms with van der Waals surface area (Å²) in [5.74, 6) is 0.343. The Balaban J connectivity index is 1.76. The van der Waals surface area contributed by atoms with Gasteiger partial charge in [-0.1, -0.05) is 41.9 Å². The molecule has 24 heavy (non-hydrogen) atoms. The molecule has 0 aromatic heterocycles. The van der Waals surface area contributed by atoms with E-state index < -0.39 is 6.10 Å². The van der Waals surface area contributed by atoms with E-state index >= 15 is 0 Å². The first kappa shape index (κ1) is 18.0. The minimum absolute atomic E-state index is 0.291. The first-order valence-electron chi connectivity index (χ1n) is 7.84. The third kappa shape index (κ3) is 5.70.